The number of benzene rings is 4. The maximum absolute atomic E-state index is 7.96. The summed E-state index contributed by atoms with van der Waals surface area (Å²) in [5.41, 5.74) is 0. The molecule has 4 aromatic rings. The first-order valence-electron chi connectivity index (χ1n) is 26.2. The van der Waals surface area contributed by atoms with E-state index < -0.39 is 18.1 Å². The lowest BCUT2D eigenvalue weighted by Gasteiger charge is -2.27. The molecule has 0 saturated carbocycles. The van der Waals surface area contributed by atoms with Crippen molar-refractivity contribution in [2.75, 3.05) is 52.9 Å². The Morgan fingerprint density at radius 3 is 0.612 bits per heavy atom. The SMILES string of the molecule is CCCCOc1ccc([SiH](O[SiH](c2ccc(OCCCC)c(OCCCC)c2)c2ccc(OCCCC)c(OCCCC)c2)c2ccc(OCCCC)c(OCCCC)c2)cc1OCCCC. The number of ether oxygens (including phenoxy) is 8. The number of hydrogen-bond acceptors (Lipinski definition) is 9. The van der Waals surface area contributed by atoms with Crippen LogP contribution in [0.15, 0.2) is 72.8 Å². The zero-order chi connectivity index (χ0) is 47.9. The summed E-state index contributed by atoms with van der Waals surface area (Å²) in [5, 5.41) is 4.35. The highest BCUT2D eigenvalue weighted by molar-refractivity contribution is 6.92. The number of unbranched alkanes of at least 4 members (excludes halogenated alkanes) is 8. The highest BCUT2D eigenvalue weighted by Crippen LogP contribution is 2.31. The van der Waals surface area contributed by atoms with Crippen LogP contribution in [0.25, 0.3) is 0 Å². The van der Waals surface area contributed by atoms with Crippen molar-refractivity contribution in [2.45, 2.75) is 158 Å². The number of hydrogen-bond donors (Lipinski definition) is 0. The van der Waals surface area contributed by atoms with Crippen LogP contribution in [0.5, 0.6) is 46.0 Å². The first-order valence-corrected chi connectivity index (χ1v) is 29.4. The normalized spacial score (nSPS) is 11.3. The summed E-state index contributed by atoms with van der Waals surface area (Å²) in [6, 6.07) is 25.8. The summed E-state index contributed by atoms with van der Waals surface area (Å²) in [4.78, 5) is 0. The molecule has 0 bridgehead atoms. The topological polar surface area (TPSA) is 83.1 Å². The van der Waals surface area contributed by atoms with Gasteiger partial charge < -0.3 is 42.0 Å². The molecule has 0 heterocycles. The Morgan fingerprint density at radius 1 is 0.254 bits per heavy atom. The summed E-state index contributed by atoms with van der Waals surface area (Å²) >= 11 is 0. The highest BCUT2D eigenvalue weighted by atomic mass is 28.4. The summed E-state index contributed by atoms with van der Waals surface area (Å²) < 4.78 is 59.7. The molecule has 0 aliphatic heterocycles. The molecule has 0 atom stereocenters. The fourth-order valence-electron chi connectivity index (χ4n) is 7.13. The fourth-order valence-corrected chi connectivity index (χ4v) is 13.8. The van der Waals surface area contributed by atoms with Gasteiger partial charge in [-0.25, -0.2) is 0 Å². The predicted octanol–water partition coefficient (Wildman–Crippen LogP) is 11.5. The Kier molecular flexibility index (Phi) is 27.4. The van der Waals surface area contributed by atoms with Crippen molar-refractivity contribution in [3.8, 4) is 46.0 Å². The molecule has 11 heteroatoms. The van der Waals surface area contributed by atoms with E-state index in [0.717, 1.165) is 169 Å². The molecule has 0 N–H and O–H groups in total. The van der Waals surface area contributed by atoms with E-state index in [-0.39, 0.29) is 0 Å². The minimum absolute atomic E-state index is 0.606. The highest BCUT2D eigenvalue weighted by Gasteiger charge is 2.30. The Hall–Kier alpha value is -4.33. The summed E-state index contributed by atoms with van der Waals surface area (Å²) in [7, 11) is -5.21. The van der Waals surface area contributed by atoms with Gasteiger partial charge in [0.25, 0.3) is 0 Å². The molecule has 0 aromatic heterocycles. The number of rotatable bonds is 38. The molecule has 4 aromatic carbocycles. The van der Waals surface area contributed by atoms with Crippen LogP contribution in [-0.4, -0.2) is 70.9 Å². The van der Waals surface area contributed by atoms with Crippen molar-refractivity contribution in [1.29, 1.82) is 0 Å². The maximum atomic E-state index is 7.96. The summed E-state index contributed by atoms with van der Waals surface area (Å²) in [6.45, 7) is 22.4. The van der Waals surface area contributed by atoms with Gasteiger partial charge in [-0.3, -0.25) is 0 Å². The van der Waals surface area contributed by atoms with E-state index in [1.54, 1.807) is 0 Å². The van der Waals surface area contributed by atoms with Crippen LogP contribution in [0, 0.1) is 0 Å². The van der Waals surface area contributed by atoms with Gasteiger partial charge in [0.05, 0.1) is 52.9 Å². The first kappa shape index (κ1) is 55.3. The summed E-state index contributed by atoms with van der Waals surface area (Å²) in [6.07, 6.45) is 16.0. The van der Waals surface area contributed by atoms with Gasteiger partial charge in [-0.05, 0) is 121 Å². The second-order valence-electron chi connectivity index (χ2n) is 17.3. The van der Waals surface area contributed by atoms with Crippen molar-refractivity contribution in [1.82, 2.24) is 0 Å². The van der Waals surface area contributed by atoms with Crippen LogP contribution in [0.2, 0.25) is 0 Å². The monoisotopic (exact) mass is 959 g/mol. The van der Waals surface area contributed by atoms with Crippen molar-refractivity contribution >= 4 is 38.8 Å². The minimum atomic E-state index is -2.60. The lowest BCUT2D eigenvalue weighted by atomic mass is 10.3. The molecule has 0 spiro atoms. The van der Waals surface area contributed by atoms with Crippen molar-refractivity contribution in [2.24, 2.45) is 0 Å². The van der Waals surface area contributed by atoms with Gasteiger partial charge in [0.2, 0.25) is 18.1 Å². The lowest BCUT2D eigenvalue weighted by molar-refractivity contribution is 0.262. The fraction of sp³-hybridized carbons (Fsp3) is 0.571. The van der Waals surface area contributed by atoms with Gasteiger partial charge in [0.15, 0.2) is 46.0 Å². The van der Waals surface area contributed by atoms with Gasteiger partial charge in [-0.2, -0.15) is 0 Å². The zero-order valence-electron chi connectivity index (χ0n) is 42.7. The van der Waals surface area contributed by atoms with Crippen LogP contribution < -0.4 is 58.6 Å². The third-order valence-corrected chi connectivity index (χ3v) is 17.4. The Labute approximate surface area is 409 Å². The van der Waals surface area contributed by atoms with Crippen molar-refractivity contribution in [3.05, 3.63) is 72.8 Å². The van der Waals surface area contributed by atoms with E-state index in [1.807, 2.05) is 0 Å². The van der Waals surface area contributed by atoms with Crippen LogP contribution in [-0.2, 0) is 4.12 Å². The molecule has 0 unspecified atom stereocenters. The standard InChI is InChI=1S/C56H86O9Si2/c1-9-17-33-57-49-29-25-45(41-53(49)61-37-21-13-5)66(46-26-30-50(58-34-18-10-2)54(42-46)62-38-22-14-6)65-67(47-27-31-51(59-35-19-11-3)55(43-47)63-39-23-15-7)48-28-32-52(60-36-20-12-4)56(44-48)64-40-24-16-8/h25-32,41-44,66-67H,9-24,33-40H2,1-8H3. The van der Waals surface area contributed by atoms with E-state index >= 15 is 0 Å². The molecule has 0 fully saturated rings. The molecule has 0 amide bonds. The average Bonchev–Trinajstić information content (AvgIpc) is 3.34. The first-order chi connectivity index (χ1) is 32.9. The molecule has 372 valence electrons. The van der Waals surface area contributed by atoms with E-state index in [0.29, 0.717) is 52.9 Å². The largest absolute Gasteiger partial charge is 0.490 e. The van der Waals surface area contributed by atoms with Gasteiger partial charge in [0, 0.05) is 0 Å². The molecule has 0 saturated heterocycles. The molecule has 0 radical (unpaired) electrons. The predicted molar refractivity (Wildman–Crippen MR) is 283 cm³/mol. The van der Waals surface area contributed by atoms with Crippen molar-refractivity contribution in [3.63, 3.8) is 0 Å². The average molecular weight is 959 g/mol. The quantitative estimate of drug-likeness (QED) is 0.0322. The second kappa shape index (κ2) is 33.2. The van der Waals surface area contributed by atoms with Crippen LogP contribution in [0.4, 0.5) is 0 Å². The third-order valence-electron chi connectivity index (χ3n) is 11.4. The minimum Gasteiger partial charge on any atom is -0.490 e. The molecule has 0 aliphatic carbocycles. The van der Waals surface area contributed by atoms with Gasteiger partial charge in [0.1, 0.15) is 0 Å². The summed E-state index contributed by atoms with van der Waals surface area (Å²) in [5.74, 6) is 6.05. The Morgan fingerprint density at radius 2 is 0.433 bits per heavy atom. The van der Waals surface area contributed by atoms with Gasteiger partial charge in [-0.1, -0.05) is 131 Å². The van der Waals surface area contributed by atoms with E-state index in [2.05, 4.69) is 128 Å². The smallest absolute Gasteiger partial charge is 0.229 e. The van der Waals surface area contributed by atoms with E-state index in [4.69, 9.17) is 42.0 Å². The Balaban J connectivity index is 2.00. The van der Waals surface area contributed by atoms with E-state index in [9.17, 15) is 0 Å². The zero-order valence-corrected chi connectivity index (χ0v) is 45.0. The molecule has 67 heavy (non-hydrogen) atoms. The maximum Gasteiger partial charge on any atom is 0.229 e. The van der Waals surface area contributed by atoms with E-state index in [1.165, 1.54) is 0 Å². The molecule has 0 aliphatic rings. The Bertz CT molecular complexity index is 1670. The van der Waals surface area contributed by atoms with Gasteiger partial charge in [-0.15, -0.1) is 0 Å². The second-order valence-corrected chi connectivity index (χ2v) is 22.6. The molecular formula is C56H86O9Si2. The third kappa shape index (κ3) is 18.9. The van der Waals surface area contributed by atoms with Crippen LogP contribution >= 0.6 is 0 Å². The molecule has 9 nitrogen and oxygen atoms in total. The lowest BCUT2D eigenvalue weighted by Crippen LogP contribution is -2.56. The van der Waals surface area contributed by atoms with Crippen molar-refractivity contribution < 1.29 is 42.0 Å². The molecular weight excluding hydrogens is 873 g/mol. The van der Waals surface area contributed by atoms with Gasteiger partial charge >= 0.3 is 0 Å². The van der Waals surface area contributed by atoms with Crippen LogP contribution in [0.3, 0.4) is 0 Å². The molecule has 4 rings (SSSR count). The van der Waals surface area contributed by atoms with Crippen LogP contribution in [0.1, 0.15) is 158 Å².